The van der Waals surface area contributed by atoms with Gasteiger partial charge in [-0.25, -0.2) is 0 Å². The highest BCUT2D eigenvalue weighted by Crippen LogP contribution is 2.28. The van der Waals surface area contributed by atoms with Gasteiger partial charge < -0.3 is 14.8 Å². The molecule has 4 heteroatoms. The van der Waals surface area contributed by atoms with Gasteiger partial charge in [-0.2, -0.15) is 0 Å². The Morgan fingerprint density at radius 3 is 2.33 bits per heavy atom. The number of nitrogens with one attached hydrogen (secondary N) is 1. The maximum Gasteiger partial charge on any atom is 0.160 e. The van der Waals surface area contributed by atoms with Crippen LogP contribution >= 0.6 is 0 Å². The van der Waals surface area contributed by atoms with Crippen molar-refractivity contribution in [1.82, 2.24) is 10.2 Å². The third kappa shape index (κ3) is 5.72. The Kier molecular flexibility index (Phi) is 7.13. The standard InChI is InChI=1S/C23H32N2O2/c1-18(15-20-9-10-22(26-2)23(16-20)27-3)24-21-11-13-25(14-12-21)17-19-7-5-4-6-8-19/h4-10,16,18,21,24H,11-15,17H2,1-3H3/t18-/m1/s1. The summed E-state index contributed by atoms with van der Waals surface area (Å²) < 4.78 is 10.7. The Bertz CT molecular complexity index is 697. The number of hydrogen-bond acceptors (Lipinski definition) is 4. The third-order valence-corrected chi connectivity index (χ3v) is 5.35. The minimum Gasteiger partial charge on any atom is -0.493 e. The predicted molar refractivity (Wildman–Crippen MR) is 111 cm³/mol. The second-order valence-corrected chi connectivity index (χ2v) is 7.50. The van der Waals surface area contributed by atoms with Crippen molar-refractivity contribution >= 4 is 0 Å². The molecule has 0 unspecified atom stereocenters. The van der Waals surface area contributed by atoms with Crippen LogP contribution < -0.4 is 14.8 Å². The van der Waals surface area contributed by atoms with Crippen LogP contribution in [0.25, 0.3) is 0 Å². The van der Waals surface area contributed by atoms with E-state index in [1.165, 1.54) is 24.0 Å². The van der Waals surface area contributed by atoms with Gasteiger partial charge in [0.2, 0.25) is 0 Å². The molecule has 1 fully saturated rings. The van der Waals surface area contributed by atoms with Crippen LogP contribution in [0.4, 0.5) is 0 Å². The van der Waals surface area contributed by atoms with Gasteiger partial charge in [0.15, 0.2) is 11.5 Å². The number of nitrogens with zero attached hydrogens (tertiary/aromatic N) is 1. The second-order valence-electron chi connectivity index (χ2n) is 7.50. The molecule has 1 atom stereocenters. The van der Waals surface area contributed by atoms with Crippen molar-refractivity contribution < 1.29 is 9.47 Å². The molecule has 2 aromatic rings. The minimum atomic E-state index is 0.439. The molecule has 0 amide bonds. The summed E-state index contributed by atoms with van der Waals surface area (Å²) in [5, 5.41) is 3.82. The summed E-state index contributed by atoms with van der Waals surface area (Å²) in [7, 11) is 3.36. The summed E-state index contributed by atoms with van der Waals surface area (Å²) in [5.41, 5.74) is 2.68. The highest BCUT2D eigenvalue weighted by molar-refractivity contribution is 5.43. The van der Waals surface area contributed by atoms with Crippen LogP contribution in [0.5, 0.6) is 11.5 Å². The molecule has 0 radical (unpaired) electrons. The van der Waals surface area contributed by atoms with Crippen molar-refractivity contribution in [1.29, 1.82) is 0 Å². The van der Waals surface area contributed by atoms with E-state index in [0.717, 1.165) is 37.6 Å². The first-order valence-electron chi connectivity index (χ1n) is 9.91. The average Bonchev–Trinajstić information content (AvgIpc) is 2.70. The number of piperidine rings is 1. The van der Waals surface area contributed by atoms with E-state index < -0.39 is 0 Å². The van der Waals surface area contributed by atoms with E-state index in [0.29, 0.717) is 12.1 Å². The van der Waals surface area contributed by atoms with Crippen molar-refractivity contribution in [2.45, 2.75) is 44.8 Å². The zero-order valence-corrected chi connectivity index (χ0v) is 16.8. The van der Waals surface area contributed by atoms with E-state index in [4.69, 9.17) is 9.47 Å². The van der Waals surface area contributed by atoms with Crippen LogP contribution in [0.15, 0.2) is 48.5 Å². The van der Waals surface area contributed by atoms with Crippen LogP contribution in [-0.4, -0.2) is 44.3 Å². The first-order valence-corrected chi connectivity index (χ1v) is 9.91. The molecule has 0 spiro atoms. The lowest BCUT2D eigenvalue weighted by molar-refractivity contribution is 0.185. The lowest BCUT2D eigenvalue weighted by Crippen LogP contribution is -2.45. The van der Waals surface area contributed by atoms with Crippen LogP contribution in [-0.2, 0) is 13.0 Å². The van der Waals surface area contributed by atoms with Gasteiger partial charge in [0.1, 0.15) is 0 Å². The quantitative estimate of drug-likeness (QED) is 0.766. The number of benzene rings is 2. The highest BCUT2D eigenvalue weighted by atomic mass is 16.5. The molecule has 1 N–H and O–H groups in total. The van der Waals surface area contributed by atoms with Crippen LogP contribution in [0.2, 0.25) is 0 Å². The van der Waals surface area contributed by atoms with E-state index in [1.54, 1.807) is 14.2 Å². The fraction of sp³-hybridized carbons (Fsp3) is 0.478. The smallest absolute Gasteiger partial charge is 0.160 e. The molecule has 1 aliphatic rings. The lowest BCUT2D eigenvalue weighted by Gasteiger charge is -2.34. The topological polar surface area (TPSA) is 33.7 Å². The van der Waals surface area contributed by atoms with Gasteiger partial charge in [-0.05, 0) is 62.5 Å². The molecule has 0 bridgehead atoms. The second kappa shape index (κ2) is 9.77. The normalized spacial score (nSPS) is 16.9. The molecule has 1 heterocycles. The van der Waals surface area contributed by atoms with Gasteiger partial charge in [0.05, 0.1) is 14.2 Å². The first kappa shape index (κ1) is 19.7. The molecule has 0 aromatic heterocycles. The van der Waals surface area contributed by atoms with E-state index in [9.17, 15) is 0 Å². The average molecular weight is 369 g/mol. The largest absolute Gasteiger partial charge is 0.493 e. The van der Waals surface area contributed by atoms with Crippen LogP contribution in [0.3, 0.4) is 0 Å². The Hall–Kier alpha value is -2.04. The van der Waals surface area contributed by atoms with Crippen molar-refractivity contribution in [3.05, 3.63) is 59.7 Å². The fourth-order valence-corrected chi connectivity index (χ4v) is 3.92. The van der Waals surface area contributed by atoms with Crippen molar-refractivity contribution in [3.8, 4) is 11.5 Å². The SMILES string of the molecule is COc1ccc(C[C@@H](C)NC2CCN(Cc3ccccc3)CC2)cc1OC. The summed E-state index contributed by atoms with van der Waals surface area (Å²) in [6, 6.07) is 18.0. The van der Waals surface area contributed by atoms with Gasteiger partial charge in [-0.3, -0.25) is 4.90 Å². The third-order valence-electron chi connectivity index (χ3n) is 5.35. The maximum atomic E-state index is 5.42. The zero-order valence-electron chi connectivity index (χ0n) is 16.8. The predicted octanol–water partition coefficient (Wildman–Crippen LogP) is 3.89. The van der Waals surface area contributed by atoms with Crippen molar-refractivity contribution in [3.63, 3.8) is 0 Å². The number of hydrogen-bond donors (Lipinski definition) is 1. The summed E-state index contributed by atoms with van der Waals surface area (Å²) in [6.45, 7) is 5.66. The molecule has 3 rings (SSSR count). The molecule has 1 aliphatic heterocycles. The van der Waals surface area contributed by atoms with E-state index >= 15 is 0 Å². The molecular formula is C23H32N2O2. The van der Waals surface area contributed by atoms with E-state index in [-0.39, 0.29) is 0 Å². The number of ether oxygens (including phenoxy) is 2. The Labute approximate surface area is 163 Å². The first-order chi connectivity index (χ1) is 13.2. The van der Waals surface area contributed by atoms with E-state index in [1.807, 2.05) is 6.07 Å². The lowest BCUT2D eigenvalue weighted by atomic mass is 10.0. The maximum absolute atomic E-state index is 5.42. The molecule has 146 valence electrons. The minimum absolute atomic E-state index is 0.439. The van der Waals surface area contributed by atoms with Gasteiger partial charge in [0, 0.05) is 18.6 Å². The van der Waals surface area contributed by atoms with Gasteiger partial charge in [-0.1, -0.05) is 36.4 Å². The monoisotopic (exact) mass is 368 g/mol. The van der Waals surface area contributed by atoms with E-state index in [2.05, 4.69) is 59.6 Å². The summed E-state index contributed by atoms with van der Waals surface area (Å²) in [4.78, 5) is 2.56. The summed E-state index contributed by atoms with van der Waals surface area (Å²) >= 11 is 0. The molecule has 0 aliphatic carbocycles. The molecule has 2 aromatic carbocycles. The Morgan fingerprint density at radius 2 is 1.67 bits per heavy atom. The number of likely N-dealkylation sites (tertiary alicyclic amines) is 1. The van der Waals surface area contributed by atoms with Crippen LogP contribution in [0, 0.1) is 0 Å². The molecular weight excluding hydrogens is 336 g/mol. The summed E-state index contributed by atoms with van der Waals surface area (Å²) in [5.74, 6) is 1.59. The molecule has 27 heavy (non-hydrogen) atoms. The number of methoxy groups -OCH3 is 2. The Balaban J connectivity index is 1.45. The molecule has 1 saturated heterocycles. The number of rotatable bonds is 8. The van der Waals surface area contributed by atoms with Gasteiger partial charge in [0.25, 0.3) is 0 Å². The Morgan fingerprint density at radius 1 is 0.963 bits per heavy atom. The van der Waals surface area contributed by atoms with Crippen molar-refractivity contribution in [2.75, 3.05) is 27.3 Å². The van der Waals surface area contributed by atoms with Crippen LogP contribution in [0.1, 0.15) is 30.9 Å². The fourth-order valence-electron chi connectivity index (χ4n) is 3.92. The molecule has 0 saturated carbocycles. The highest BCUT2D eigenvalue weighted by Gasteiger charge is 2.20. The zero-order chi connectivity index (χ0) is 19.1. The molecule has 4 nitrogen and oxygen atoms in total. The summed E-state index contributed by atoms with van der Waals surface area (Å²) in [6.07, 6.45) is 3.41. The van der Waals surface area contributed by atoms with Crippen molar-refractivity contribution in [2.24, 2.45) is 0 Å². The van der Waals surface area contributed by atoms with Gasteiger partial charge >= 0.3 is 0 Å². The van der Waals surface area contributed by atoms with Gasteiger partial charge in [-0.15, -0.1) is 0 Å².